The molecule has 2 unspecified atom stereocenters. The molecule has 2 heterocycles. The predicted octanol–water partition coefficient (Wildman–Crippen LogP) is 0.505. The molecule has 2 atom stereocenters. The second-order valence-electron chi connectivity index (χ2n) is 3.69. The smallest absolute Gasteiger partial charge is 0.242 e. The molecule has 1 amide bonds. The normalized spacial score (nSPS) is 24.4. The number of aromatic nitrogens is 1. The third kappa shape index (κ3) is 2.78. The molecule has 0 spiro atoms. The van der Waals surface area contributed by atoms with Crippen LogP contribution in [0.2, 0.25) is 0 Å². The molecular formula is C10H12BrN3O2. The Morgan fingerprint density at radius 2 is 2.44 bits per heavy atom. The van der Waals surface area contributed by atoms with Crippen LogP contribution in [-0.4, -0.2) is 34.7 Å². The van der Waals surface area contributed by atoms with Crippen molar-refractivity contribution in [3.05, 3.63) is 22.8 Å². The van der Waals surface area contributed by atoms with E-state index in [9.17, 15) is 9.90 Å². The molecule has 0 bridgehead atoms. The Bertz CT molecular complexity index is 399. The zero-order chi connectivity index (χ0) is 11.5. The van der Waals surface area contributed by atoms with Gasteiger partial charge < -0.3 is 15.7 Å². The van der Waals surface area contributed by atoms with Gasteiger partial charge in [-0.2, -0.15) is 0 Å². The minimum Gasteiger partial charge on any atom is -0.392 e. The first-order chi connectivity index (χ1) is 7.65. The number of carbonyl (C=O) groups excluding carboxylic acids is 1. The summed E-state index contributed by atoms with van der Waals surface area (Å²) >= 11 is 3.23. The Balaban J connectivity index is 1.97. The molecular weight excluding hydrogens is 274 g/mol. The molecule has 0 radical (unpaired) electrons. The number of nitrogens with one attached hydrogen (secondary N) is 2. The first-order valence-corrected chi connectivity index (χ1v) is 5.79. The molecule has 0 aliphatic carbocycles. The van der Waals surface area contributed by atoms with Crippen LogP contribution in [0.1, 0.15) is 6.42 Å². The lowest BCUT2D eigenvalue weighted by atomic mass is 10.2. The maximum absolute atomic E-state index is 11.7. The van der Waals surface area contributed by atoms with Crippen LogP contribution >= 0.6 is 15.9 Å². The number of aliphatic hydroxyl groups is 1. The maximum Gasteiger partial charge on any atom is 0.242 e. The number of β-amino-alcohol motifs (C(OH)–C–C–N with tert-alkyl or cyclic N) is 1. The maximum atomic E-state index is 11.7. The molecule has 1 aromatic rings. The zero-order valence-electron chi connectivity index (χ0n) is 8.48. The lowest BCUT2D eigenvalue weighted by Gasteiger charge is -2.10. The second kappa shape index (κ2) is 4.90. The average Bonchev–Trinajstić information content (AvgIpc) is 2.65. The molecule has 1 aliphatic heterocycles. The second-order valence-corrected chi connectivity index (χ2v) is 4.50. The van der Waals surface area contributed by atoms with Crippen LogP contribution in [0.4, 0.5) is 5.82 Å². The molecule has 0 aromatic carbocycles. The third-order valence-electron chi connectivity index (χ3n) is 2.39. The summed E-state index contributed by atoms with van der Waals surface area (Å²) in [5, 5.41) is 14.9. The van der Waals surface area contributed by atoms with Crippen LogP contribution in [0.15, 0.2) is 22.8 Å². The number of pyridine rings is 1. The van der Waals surface area contributed by atoms with Gasteiger partial charge in [-0.15, -0.1) is 0 Å². The van der Waals surface area contributed by atoms with Gasteiger partial charge in [0.2, 0.25) is 5.91 Å². The molecule has 1 saturated heterocycles. The van der Waals surface area contributed by atoms with E-state index in [0.29, 0.717) is 23.4 Å². The predicted molar refractivity (Wildman–Crippen MR) is 63.0 cm³/mol. The quantitative estimate of drug-likeness (QED) is 0.692. The van der Waals surface area contributed by atoms with Crippen molar-refractivity contribution in [3.63, 3.8) is 0 Å². The van der Waals surface area contributed by atoms with Crippen LogP contribution < -0.4 is 10.6 Å². The average molecular weight is 286 g/mol. The minimum absolute atomic E-state index is 0.165. The topological polar surface area (TPSA) is 74.2 Å². The van der Waals surface area contributed by atoms with Gasteiger partial charge in [0, 0.05) is 6.54 Å². The van der Waals surface area contributed by atoms with Crippen molar-refractivity contribution >= 4 is 27.7 Å². The standard InChI is InChI=1S/C10H12BrN3O2/c11-8-2-1-3-9(13-8)14-10(16)7-4-6(15)5-12-7/h1-3,6-7,12,15H,4-5H2,(H,13,14,16). The fourth-order valence-corrected chi connectivity index (χ4v) is 1.95. The summed E-state index contributed by atoms with van der Waals surface area (Å²) < 4.78 is 0.671. The number of rotatable bonds is 2. The molecule has 2 rings (SSSR count). The number of hydrogen-bond acceptors (Lipinski definition) is 4. The van der Waals surface area contributed by atoms with Gasteiger partial charge in [-0.3, -0.25) is 4.79 Å². The number of amides is 1. The highest BCUT2D eigenvalue weighted by Gasteiger charge is 2.28. The molecule has 6 heteroatoms. The van der Waals surface area contributed by atoms with Crippen molar-refractivity contribution in [2.24, 2.45) is 0 Å². The van der Waals surface area contributed by atoms with E-state index >= 15 is 0 Å². The monoisotopic (exact) mass is 285 g/mol. The van der Waals surface area contributed by atoms with Gasteiger partial charge in [0.15, 0.2) is 0 Å². The van der Waals surface area contributed by atoms with Gasteiger partial charge >= 0.3 is 0 Å². The summed E-state index contributed by atoms with van der Waals surface area (Å²) in [6.45, 7) is 0.462. The molecule has 3 N–H and O–H groups in total. The first-order valence-electron chi connectivity index (χ1n) is 5.00. The number of aliphatic hydroxyl groups excluding tert-OH is 1. The Morgan fingerprint density at radius 3 is 3.06 bits per heavy atom. The van der Waals surface area contributed by atoms with Crippen molar-refractivity contribution < 1.29 is 9.90 Å². The van der Waals surface area contributed by atoms with E-state index in [2.05, 4.69) is 31.5 Å². The van der Waals surface area contributed by atoms with Crippen LogP contribution in [0.3, 0.4) is 0 Å². The van der Waals surface area contributed by atoms with Crippen LogP contribution in [0.5, 0.6) is 0 Å². The van der Waals surface area contributed by atoms with Crippen molar-refractivity contribution in [2.45, 2.75) is 18.6 Å². The molecule has 0 saturated carbocycles. The van der Waals surface area contributed by atoms with Crippen LogP contribution in [0, 0.1) is 0 Å². The fourth-order valence-electron chi connectivity index (χ4n) is 1.61. The number of anilines is 1. The molecule has 16 heavy (non-hydrogen) atoms. The Morgan fingerprint density at radius 1 is 1.62 bits per heavy atom. The van der Waals surface area contributed by atoms with E-state index in [4.69, 9.17) is 0 Å². The minimum atomic E-state index is -0.439. The molecule has 1 aromatic heterocycles. The van der Waals surface area contributed by atoms with Gasteiger partial charge in [0.05, 0.1) is 12.1 Å². The zero-order valence-corrected chi connectivity index (χ0v) is 10.1. The molecule has 1 aliphatic rings. The first kappa shape index (κ1) is 11.5. The molecule has 86 valence electrons. The van der Waals surface area contributed by atoms with Crippen molar-refractivity contribution in [1.82, 2.24) is 10.3 Å². The summed E-state index contributed by atoms with van der Waals surface area (Å²) in [5.41, 5.74) is 0. The third-order valence-corrected chi connectivity index (χ3v) is 2.83. The van der Waals surface area contributed by atoms with Gasteiger partial charge in [0.1, 0.15) is 10.4 Å². The number of carbonyl (C=O) groups is 1. The van der Waals surface area contributed by atoms with E-state index in [1.54, 1.807) is 18.2 Å². The Kier molecular flexibility index (Phi) is 3.52. The number of hydrogen-bond donors (Lipinski definition) is 3. The van der Waals surface area contributed by atoms with Crippen molar-refractivity contribution in [2.75, 3.05) is 11.9 Å². The van der Waals surface area contributed by atoms with E-state index in [1.165, 1.54) is 0 Å². The van der Waals surface area contributed by atoms with Crippen LogP contribution in [0.25, 0.3) is 0 Å². The highest BCUT2D eigenvalue weighted by atomic mass is 79.9. The summed E-state index contributed by atoms with van der Waals surface area (Å²) in [5.74, 6) is 0.338. The highest BCUT2D eigenvalue weighted by Crippen LogP contribution is 2.12. The Labute approximate surface area is 101 Å². The van der Waals surface area contributed by atoms with Gasteiger partial charge in [-0.05, 0) is 34.5 Å². The van der Waals surface area contributed by atoms with Gasteiger partial charge in [-0.25, -0.2) is 4.98 Å². The summed E-state index contributed by atoms with van der Waals surface area (Å²) in [6.07, 6.45) is 0.00560. The lowest BCUT2D eigenvalue weighted by molar-refractivity contribution is -0.118. The van der Waals surface area contributed by atoms with Crippen molar-refractivity contribution in [3.8, 4) is 0 Å². The Hall–Kier alpha value is -0.980. The number of nitrogens with zero attached hydrogens (tertiary/aromatic N) is 1. The number of halogens is 1. The van der Waals surface area contributed by atoms with E-state index in [-0.39, 0.29) is 11.9 Å². The summed E-state index contributed by atoms with van der Waals surface area (Å²) in [7, 11) is 0. The van der Waals surface area contributed by atoms with Gasteiger partial charge in [0.25, 0.3) is 0 Å². The molecule has 5 nitrogen and oxygen atoms in total. The fraction of sp³-hybridized carbons (Fsp3) is 0.400. The van der Waals surface area contributed by atoms with Crippen molar-refractivity contribution in [1.29, 1.82) is 0 Å². The van der Waals surface area contributed by atoms with E-state index in [0.717, 1.165) is 0 Å². The molecule has 1 fully saturated rings. The highest BCUT2D eigenvalue weighted by molar-refractivity contribution is 9.10. The largest absolute Gasteiger partial charge is 0.392 e. The van der Waals surface area contributed by atoms with Crippen LogP contribution in [-0.2, 0) is 4.79 Å². The van der Waals surface area contributed by atoms with E-state index < -0.39 is 6.10 Å². The lowest BCUT2D eigenvalue weighted by Crippen LogP contribution is -2.35. The van der Waals surface area contributed by atoms with Gasteiger partial charge in [-0.1, -0.05) is 6.07 Å². The summed E-state index contributed by atoms with van der Waals surface area (Å²) in [4.78, 5) is 15.8. The summed E-state index contributed by atoms with van der Waals surface area (Å²) in [6, 6.07) is 4.96. The van der Waals surface area contributed by atoms with E-state index in [1.807, 2.05) is 0 Å². The SMILES string of the molecule is O=C(Nc1cccc(Br)n1)C1CC(O)CN1.